The summed E-state index contributed by atoms with van der Waals surface area (Å²) < 4.78 is 5.64. The monoisotopic (exact) mass is 412 g/mol. The van der Waals surface area contributed by atoms with E-state index in [0.717, 1.165) is 37.3 Å². The summed E-state index contributed by atoms with van der Waals surface area (Å²) in [5.41, 5.74) is 2.77. The summed E-state index contributed by atoms with van der Waals surface area (Å²) in [5, 5.41) is 3.15. The summed E-state index contributed by atoms with van der Waals surface area (Å²) in [6.07, 6.45) is 2.36. The van der Waals surface area contributed by atoms with Crippen LogP contribution in [0.3, 0.4) is 0 Å². The van der Waals surface area contributed by atoms with Crippen molar-refractivity contribution in [3.05, 3.63) is 65.5 Å². The molecule has 0 atom stereocenters. The number of ether oxygens (including phenoxy) is 1. The third-order valence-corrected chi connectivity index (χ3v) is 4.53. The smallest absolute Gasteiger partial charge is 0.410 e. The van der Waals surface area contributed by atoms with Crippen molar-refractivity contribution in [2.75, 3.05) is 27.2 Å². The summed E-state index contributed by atoms with van der Waals surface area (Å²) in [6, 6.07) is 14.4. The zero-order chi connectivity index (χ0) is 22.0. The second-order valence-electron chi connectivity index (χ2n) is 8.66. The number of carbonyl (C=O) groups excluding carboxylic acids is 1. The Bertz CT molecular complexity index is 774. The van der Waals surface area contributed by atoms with Crippen LogP contribution in [0.1, 0.15) is 44.0 Å². The van der Waals surface area contributed by atoms with Crippen LogP contribution in [-0.4, -0.2) is 53.7 Å². The van der Waals surface area contributed by atoms with E-state index in [1.807, 2.05) is 46.0 Å². The van der Waals surface area contributed by atoms with Crippen LogP contribution in [0, 0.1) is 0 Å². The summed E-state index contributed by atoms with van der Waals surface area (Å²) in [5.74, 6) is 0. The number of benzene rings is 1. The van der Waals surface area contributed by atoms with Gasteiger partial charge >= 0.3 is 6.09 Å². The number of hydrogen-bond donors (Lipinski definition) is 1. The van der Waals surface area contributed by atoms with Crippen LogP contribution in [-0.2, 0) is 24.4 Å². The molecule has 6 heteroatoms. The number of rotatable bonds is 10. The van der Waals surface area contributed by atoms with Gasteiger partial charge in [0.05, 0.1) is 12.2 Å². The molecule has 2 rings (SSSR count). The summed E-state index contributed by atoms with van der Waals surface area (Å²) >= 11 is 0. The number of aromatic nitrogens is 1. The van der Waals surface area contributed by atoms with Crippen molar-refractivity contribution >= 4 is 6.09 Å². The highest BCUT2D eigenvalue weighted by atomic mass is 16.6. The maximum atomic E-state index is 12.8. The fourth-order valence-corrected chi connectivity index (χ4v) is 3.19. The molecule has 2 aromatic rings. The van der Waals surface area contributed by atoms with Crippen molar-refractivity contribution in [1.29, 1.82) is 0 Å². The molecule has 0 spiro atoms. The van der Waals surface area contributed by atoms with E-state index in [0.29, 0.717) is 13.1 Å². The molecule has 0 radical (unpaired) electrons. The van der Waals surface area contributed by atoms with Gasteiger partial charge in [0.25, 0.3) is 0 Å². The maximum absolute atomic E-state index is 12.8. The minimum Gasteiger partial charge on any atom is -0.444 e. The lowest BCUT2D eigenvalue weighted by Gasteiger charge is -2.28. The zero-order valence-electron chi connectivity index (χ0n) is 19.0. The number of nitrogens with zero attached hydrogens (tertiary/aromatic N) is 3. The molecule has 0 aliphatic carbocycles. The van der Waals surface area contributed by atoms with Gasteiger partial charge in [-0.05, 0) is 71.1 Å². The Morgan fingerprint density at radius 2 is 1.80 bits per heavy atom. The minimum absolute atomic E-state index is 0.297. The van der Waals surface area contributed by atoms with Crippen LogP contribution < -0.4 is 5.32 Å². The molecule has 1 heterocycles. The molecule has 0 saturated heterocycles. The van der Waals surface area contributed by atoms with E-state index >= 15 is 0 Å². The number of pyridine rings is 1. The van der Waals surface area contributed by atoms with Gasteiger partial charge in [-0.15, -0.1) is 0 Å². The van der Waals surface area contributed by atoms with Gasteiger partial charge in [-0.1, -0.05) is 30.3 Å². The van der Waals surface area contributed by atoms with Crippen molar-refractivity contribution in [2.24, 2.45) is 0 Å². The molecule has 1 amide bonds. The van der Waals surface area contributed by atoms with Crippen molar-refractivity contribution in [3.63, 3.8) is 0 Å². The fraction of sp³-hybridized carbons (Fsp3) is 0.500. The maximum Gasteiger partial charge on any atom is 0.410 e. The fourth-order valence-electron chi connectivity index (χ4n) is 3.19. The van der Waals surface area contributed by atoms with Gasteiger partial charge in [-0.2, -0.15) is 0 Å². The predicted molar refractivity (Wildman–Crippen MR) is 121 cm³/mol. The van der Waals surface area contributed by atoms with E-state index < -0.39 is 5.60 Å². The second kappa shape index (κ2) is 11.7. The van der Waals surface area contributed by atoms with Gasteiger partial charge in [0, 0.05) is 25.8 Å². The highest BCUT2D eigenvalue weighted by Gasteiger charge is 2.22. The first-order chi connectivity index (χ1) is 14.3. The molecule has 1 aromatic heterocycles. The van der Waals surface area contributed by atoms with Crippen LogP contribution >= 0.6 is 0 Å². The predicted octanol–water partition coefficient (Wildman–Crippen LogP) is 4.06. The van der Waals surface area contributed by atoms with Gasteiger partial charge in [0.15, 0.2) is 0 Å². The lowest BCUT2D eigenvalue weighted by atomic mass is 10.2. The molecule has 1 N–H and O–H groups in total. The first-order valence-electron chi connectivity index (χ1n) is 10.6. The minimum atomic E-state index is -0.527. The van der Waals surface area contributed by atoms with Gasteiger partial charge in [-0.3, -0.25) is 4.98 Å². The Kier molecular flexibility index (Phi) is 9.27. The Labute approximate surface area is 181 Å². The Morgan fingerprint density at radius 3 is 2.47 bits per heavy atom. The third kappa shape index (κ3) is 8.93. The first-order valence-corrected chi connectivity index (χ1v) is 10.6. The molecule has 30 heavy (non-hydrogen) atoms. The molecular weight excluding hydrogens is 376 g/mol. The van der Waals surface area contributed by atoms with E-state index in [9.17, 15) is 4.79 Å². The standard InChI is InChI=1S/C24H36N4O2/c1-24(2,3)30-23(29)28(19-22-16-21(17-25-4)12-13-26-22)15-9-14-27(5)18-20-10-7-6-8-11-20/h6-8,10-13,16,25H,9,14-15,17-19H2,1-5H3. The molecule has 1 aromatic carbocycles. The first kappa shape index (κ1) is 23.8. The van der Waals surface area contributed by atoms with Crippen LogP contribution in [0.5, 0.6) is 0 Å². The molecule has 0 saturated carbocycles. The SMILES string of the molecule is CNCc1ccnc(CN(CCCN(C)Cc2ccccc2)C(=O)OC(C)(C)C)c1. The Balaban J connectivity index is 1.97. The van der Waals surface area contributed by atoms with Crippen molar-refractivity contribution in [1.82, 2.24) is 20.1 Å². The number of hydrogen-bond acceptors (Lipinski definition) is 5. The molecule has 0 aliphatic heterocycles. The molecule has 0 bridgehead atoms. The average Bonchev–Trinajstić information content (AvgIpc) is 2.67. The van der Waals surface area contributed by atoms with Gasteiger partial charge in [-0.25, -0.2) is 4.79 Å². The Morgan fingerprint density at radius 1 is 1.07 bits per heavy atom. The van der Waals surface area contributed by atoms with Crippen LogP contribution in [0.25, 0.3) is 0 Å². The highest BCUT2D eigenvalue weighted by Crippen LogP contribution is 2.14. The topological polar surface area (TPSA) is 57.7 Å². The molecular formula is C24H36N4O2. The third-order valence-electron chi connectivity index (χ3n) is 4.53. The van der Waals surface area contributed by atoms with Crippen molar-refractivity contribution < 1.29 is 9.53 Å². The van der Waals surface area contributed by atoms with Gasteiger partial charge < -0.3 is 19.9 Å². The molecule has 0 aliphatic rings. The Hall–Kier alpha value is -2.44. The van der Waals surface area contributed by atoms with Crippen molar-refractivity contribution in [3.8, 4) is 0 Å². The highest BCUT2D eigenvalue weighted by molar-refractivity contribution is 5.68. The van der Waals surface area contributed by atoms with E-state index in [1.165, 1.54) is 5.56 Å². The number of nitrogens with one attached hydrogen (secondary N) is 1. The summed E-state index contributed by atoms with van der Waals surface area (Å²) in [6.45, 7) is 9.28. The lowest BCUT2D eigenvalue weighted by molar-refractivity contribution is 0.0224. The van der Waals surface area contributed by atoms with Crippen LogP contribution in [0.2, 0.25) is 0 Å². The van der Waals surface area contributed by atoms with E-state index in [1.54, 1.807) is 11.1 Å². The second-order valence-corrected chi connectivity index (χ2v) is 8.66. The van der Waals surface area contributed by atoms with Crippen LogP contribution in [0.4, 0.5) is 4.79 Å². The summed E-state index contributed by atoms with van der Waals surface area (Å²) in [4.78, 5) is 21.3. The normalized spacial score (nSPS) is 11.5. The van der Waals surface area contributed by atoms with E-state index in [2.05, 4.69) is 46.5 Å². The molecule has 0 fully saturated rings. The summed E-state index contributed by atoms with van der Waals surface area (Å²) in [7, 11) is 4.02. The quantitative estimate of drug-likeness (QED) is 0.638. The lowest BCUT2D eigenvalue weighted by Crippen LogP contribution is -2.38. The molecule has 6 nitrogen and oxygen atoms in total. The van der Waals surface area contributed by atoms with E-state index in [-0.39, 0.29) is 6.09 Å². The van der Waals surface area contributed by atoms with Crippen LogP contribution in [0.15, 0.2) is 48.7 Å². The van der Waals surface area contributed by atoms with Crippen molar-refractivity contribution in [2.45, 2.75) is 52.4 Å². The molecule has 164 valence electrons. The average molecular weight is 413 g/mol. The molecule has 0 unspecified atom stereocenters. The van der Waals surface area contributed by atoms with E-state index in [4.69, 9.17) is 4.74 Å². The largest absolute Gasteiger partial charge is 0.444 e. The number of carbonyl (C=O) groups is 1. The number of amides is 1. The van der Waals surface area contributed by atoms with Gasteiger partial charge in [0.2, 0.25) is 0 Å². The zero-order valence-corrected chi connectivity index (χ0v) is 19.0. The van der Waals surface area contributed by atoms with Gasteiger partial charge in [0.1, 0.15) is 5.60 Å².